The Morgan fingerprint density at radius 2 is 1.74 bits per heavy atom. The second-order valence-electron chi connectivity index (χ2n) is 9.38. The summed E-state index contributed by atoms with van der Waals surface area (Å²) >= 11 is 0. The minimum Gasteiger partial charge on any atom is -0.486 e. The van der Waals surface area contributed by atoms with Gasteiger partial charge in [-0.3, -0.25) is 0 Å². The highest BCUT2D eigenvalue weighted by molar-refractivity contribution is 5.87. The number of amides is 1. The Hall–Kier alpha value is -3.75. The molecule has 1 amide bonds. The smallest absolute Gasteiger partial charge is 0.415 e. The summed E-state index contributed by atoms with van der Waals surface area (Å²) in [7, 11) is 0. The Balaban J connectivity index is 0.00000336. The van der Waals surface area contributed by atoms with Crippen molar-refractivity contribution in [3.8, 4) is 17.2 Å². The largest absolute Gasteiger partial charge is 0.486 e. The van der Waals surface area contributed by atoms with Crippen molar-refractivity contribution in [2.45, 2.75) is 18.9 Å². The van der Waals surface area contributed by atoms with E-state index >= 15 is 0 Å². The highest BCUT2D eigenvalue weighted by atomic mass is 35.5. The van der Waals surface area contributed by atoms with E-state index in [9.17, 15) is 9.59 Å². The van der Waals surface area contributed by atoms with Crippen LogP contribution in [0.3, 0.4) is 0 Å². The fourth-order valence-electron chi connectivity index (χ4n) is 5.01. The van der Waals surface area contributed by atoms with Gasteiger partial charge in [0.25, 0.3) is 0 Å². The fraction of sp³-hybridized carbons (Fsp3) is 0.310. The topological polar surface area (TPSA) is 97.3 Å². The number of hydrogen-bond donors (Lipinski definition) is 2. The van der Waals surface area contributed by atoms with E-state index in [1.54, 1.807) is 4.90 Å². The number of likely N-dealkylation sites (tertiary alicyclic amines) is 1. The number of ether oxygens (including phenoxy) is 3. The number of carboxylic acid groups (broad SMARTS) is 1. The van der Waals surface area contributed by atoms with E-state index in [-0.39, 0.29) is 35.8 Å². The Morgan fingerprint density at radius 3 is 2.47 bits per heavy atom. The molecule has 1 fully saturated rings. The molecule has 38 heavy (non-hydrogen) atoms. The third kappa shape index (κ3) is 6.03. The average molecular weight is 539 g/mol. The number of nitrogens with one attached hydrogen (secondary N) is 1. The van der Waals surface area contributed by atoms with Gasteiger partial charge in [-0.15, -0.1) is 12.4 Å². The number of aromatic carboxylic acids is 1. The maximum Gasteiger partial charge on any atom is 0.415 e. The molecule has 0 aliphatic carbocycles. The van der Waals surface area contributed by atoms with Crippen LogP contribution in [0.1, 0.15) is 40.4 Å². The quantitative estimate of drug-likeness (QED) is 0.429. The van der Waals surface area contributed by atoms with Gasteiger partial charge in [0.1, 0.15) is 19.0 Å². The molecule has 3 atom stereocenters. The lowest BCUT2D eigenvalue weighted by Gasteiger charge is -2.26. The normalized spacial score (nSPS) is 18.8. The van der Waals surface area contributed by atoms with Crippen molar-refractivity contribution in [1.82, 2.24) is 10.2 Å². The van der Waals surface area contributed by atoms with Gasteiger partial charge >= 0.3 is 12.1 Å². The first-order chi connectivity index (χ1) is 18.0. The molecule has 2 aliphatic rings. The molecule has 0 saturated carbocycles. The molecule has 0 bridgehead atoms. The summed E-state index contributed by atoms with van der Waals surface area (Å²) in [5.41, 5.74) is 2.37. The Kier molecular flexibility index (Phi) is 8.76. The molecule has 3 aromatic carbocycles. The van der Waals surface area contributed by atoms with Gasteiger partial charge in [-0.1, -0.05) is 42.5 Å². The molecular formula is C29H31ClN2O6. The summed E-state index contributed by atoms with van der Waals surface area (Å²) < 4.78 is 17.2. The molecule has 1 saturated heterocycles. The fourth-order valence-corrected chi connectivity index (χ4v) is 5.01. The zero-order valence-electron chi connectivity index (χ0n) is 21.0. The molecule has 5 rings (SSSR count). The monoisotopic (exact) mass is 538 g/mol. The number of para-hydroxylation sites is 1. The van der Waals surface area contributed by atoms with E-state index < -0.39 is 12.1 Å². The lowest BCUT2D eigenvalue weighted by Crippen LogP contribution is -2.33. The highest BCUT2D eigenvalue weighted by Gasteiger charge is 2.37. The van der Waals surface area contributed by atoms with Crippen molar-refractivity contribution in [3.63, 3.8) is 0 Å². The summed E-state index contributed by atoms with van der Waals surface area (Å²) in [6.07, 6.45) is -0.442. The zero-order chi connectivity index (χ0) is 25.8. The van der Waals surface area contributed by atoms with Gasteiger partial charge in [-0.2, -0.15) is 0 Å². The summed E-state index contributed by atoms with van der Waals surface area (Å²) in [6, 6.07) is 22.0. The number of nitrogens with zero attached hydrogens (tertiary/aromatic N) is 1. The number of benzene rings is 3. The minimum absolute atomic E-state index is 0. The highest BCUT2D eigenvalue weighted by Crippen LogP contribution is 2.38. The molecule has 3 aromatic rings. The molecule has 2 aliphatic heterocycles. The van der Waals surface area contributed by atoms with Crippen molar-refractivity contribution in [2.24, 2.45) is 5.92 Å². The van der Waals surface area contributed by atoms with Gasteiger partial charge in [0.15, 0.2) is 11.5 Å². The number of hydrogen-bond acceptors (Lipinski definition) is 6. The van der Waals surface area contributed by atoms with Gasteiger partial charge in [-0.25, -0.2) is 9.59 Å². The van der Waals surface area contributed by atoms with Crippen LogP contribution in [-0.4, -0.2) is 54.9 Å². The van der Waals surface area contributed by atoms with E-state index in [1.165, 1.54) is 29.8 Å². The molecule has 2 heterocycles. The standard InChI is InChI=1S/C29H30N2O6.ClH/c1-19(24-8-5-9-26-27(24)36-15-14-35-26)30-16-22-17-31(18-25(22)20-6-3-2-4-7-20)29(34)37-23-12-10-21(11-13-23)28(32)33;/h2-13,19,22,25,30H,14-18H2,1H3,(H,32,33);1H/t19?,22-,25-;/m1./s1. The molecule has 8 nitrogen and oxygen atoms in total. The SMILES string of the molecule is CC(NC[C@@H]1CN(C(=O)Oc2ccc(C(=O)O)cc2)C[C@@H]1c1ccccc1)c1cccc2c1OCCO2.Cl. The molecule has 0 spiro atoms. The molecule has 9 heteroatoms. The maximum atomic E-state index is 13.0. The first-order valence-corrected chi connectivity index (χ1v) is 12.5. The van der Waals surface area contributed by atoms with E-state index in [2.05, 4.69) is 24.4 Å². The van der Waals surface area contributed by atoms with Crippen molar-refractivity contribution in [2.75, 3.05) is 32.8 Å². The van der Waals surface area contributed by atoms with Crippen molar-refractivity contribution < 1.29 is 28.9 Å². The van der Waals surface area contributed by atoms with Crippen LogP contribution in [0.25, 0.3) is 0 Å². The van der Waals surface area contributed by atoms with Crippen LogP contribution >= 0.6 is 12.4 Å². The number of carbonyl (C=O) groups excluding carboxylic acids is 1. The lowest BCUT2D eigenvalue weighted by molar-refractivity contribution is 0.0697. The Labute approximate surface area is 227 Å². The zero-order valence-corrected chi connectivity index (χ0v) is 21.9. The van der Waals surface area contributed by atoms with Crippen LogP contribution in [0.2, 0.25) is 0 Å². The van der Waals surface area contributed by atoms with Gasteiger partial charge in [0, 0.05) is 37.2 Å². The van der Waals surface area contributed by atoms with E-state index in [0.29, 0.717) is 38.6 Å². The first-order valence-electron chi connectivity index (χ1n) is 12.5. The van der Waals surface area contributed by atoms with Crippen LogP contribution in [-0.2, 0) is 0 Å². The molecule has 2 N–H and O–H groups in total. The second-order valence-corrected chi connectivity index (χ2v) is 9.38. The Bertz CT molecular complexity index is 1250. The predicted molar refractivity (Wildman–Crippen MR) is 145 cm³/mol. The second kappa shape index (κ2) is 12.2. The van der Waals surface area contributed by atoms with Crippen LogP contribution in [0.5, 0.6) is 17.2 Å². The number of fused-ring (bicyclic) bond motifs is 1. The molecule has 0 aromatic heterocycles. The molecule has 1 unspecified atom stereocenters. The third-order valence-electron chi connectivity index (χ3n) is 6.98. The van der Waals surface area contributed by atoms with Crippen LogP contribution < -0.4 is 19.5 Å². The summed E-state index contributed by atoms with van der Waals surface area (Å²) in [5, 5.41) is 12.7. The van der Waals surface area contributed by atoms with Gasteiger partial charge in [0.05, 0.1) is 5.56 Å². The van der Waals surface area contributed by atoms with Crippen molar-refractivity contribution >= 4 is 24.5 Å². The van der Waals surface area contributed by atoms with Crippen LogP contribution in [0, 0.1) is 5.92 Å². The predicted octanol–water partition coefficient (Wildman–Crippen LogP) is 5.14. The number of rotatable bonds is 7. The molecular weight excluding hydrogens is 508 g/mol. The van der Waals surface area contributed by atoms with Crippen LogP contribution in [0.15, 0.2) is 72.8 Å². The first kappa shape index (κ1) is 27.3. The van der Waals surface area contributed by atoms with Gasteiger partial charge < -0.3 is 29.5 Å². The van der Waals surface area contributed by atoms with Crippen molar-refractivity contribution in [1.29, 1.82) is 0 Å². The number of carboxylic acids is 1. The van der Waals surface area contributed by atoms with Gasteiger partial charge in [-0.05, 0) is 48.7 Å². The summed E-state index contributed by atoms with van der Waals surface area (Å²) in [4.78, 5) is 25.8. The molecule has 0 radical (unpaired) electrons. The van der Waals surface area contributed by atoms with Gasteiger partial charge in [0.2, 0.25) is 0 Å². The van der Waals surface area contributed by atoms with Crippen molar-refractivity contribution in [3.05, 3.63) is 89.5 Å². The number of halogens is 1. The third-order valence-corrected chi connectivity index (χ3v) is 6.98. The van der Waals surface area contributed by atoms with E-state index in [1.807, 2.05) is 36.4 Å². The van der Waals surface area contributed by atoms with Crippen LogP contribution in [0.4, 0.5) is 4.79 Å². The van der Waals surface area contributed by atoms with E-state index in [4.69, 9.17) is 19.3 Å². The minimum atomic E-state index is -1.03. The van der Waals surface area contributed by atoms with E-state index in [0.717, 1.165) is 17.1 Å². The lowest BCUT2D eigenvalue weighted by atomic mass is 9.88. The summed E-state index contributed by atoms with van der Waals surface area (Å²) in [6.45, 7) is 4.96. The average Bonchev–Trinajstić information content (AvgIpc) is 3.37. The Morgan fingerprint density at radius 1 is 1.00 bits per heavy atom. The number of carbonyl (C=O) groups is 2. The molecule has 200 valence electrons. The summed E-state index contributed by atoms with van der Waals surface area (Å²) in [5.74, 6) is 1.17. The maximum absolute atomic E-state index is 13.0.